The van der Waals surface area contributed by atoms with Crippen LogP contribution in [0.5, 0.6) is 23.0 Å². The molecular weight excluding hydrogens is 480 g/mol. The lowest BCUT2D eigenvalue weighted by Crippen LogP contribution is -2.08. The second-order valence-corrected chi connectivity index (χ2v) is 11.2. The lowest BCUT2D eigenvalue weighted by Gasteiger charge is -2.25. The van der Waals surface area contributed by atoms with Crippen molar-refractivity contribution in [1.82, 2.24) is 0 Å². The van der Waals surface area contributed by atoms with Gasteiger partial charge in [-0.2, -0.15) is 0 Å². The van der Waals surface area contributed by atoms with Gasteiger partial charge in [0.05, 0.1) is 0 Å². The molecule has 1 atom stereocenters. The molecule has 0 fully saturated rings. The van der Waals surface area contributed by atoms with E-state index in [1.807, 2.05) is 18.2 Å². The highest BCUT2D eigenvalue weighted by Gasteiger charge is 2.37. The Morgan fingerprint density at radius 3 is 1.06 bits per heavy atom. The van der Waals surface area contributed by atoms with Crippen LogP contribution < -0.4 is 18.1 Å². The van der Waals surface area contributed by atoms with E-state index in [0.29, 0.717) is 17.2 Å². The molecule has 0 amide bonds. The highest BCUT2D eigenvalue weighted by molar-refractivity contribution is 7.87. The van der Waals surface area contributed by atoms with Gasteiger partial charge in [0.2, 0.25) is 0 Å². The van der Waals surface area contributed by atoms with E-state index < -0.39 is 14.6 Å². The zero-order valence-electron chi connectivity index (χ0n) is 17.3. The molecule has 1 unspecified atom stereocenters. The molecule has 0 bridgehead atoms. The first-order chi connectivity index (χ1) is 16.0. The van der Waals surface area contributed by atoms with Gasteiger partial charge in [0.1, 0.15) is 23.0 Å². The van der Waals surface area contributed by atoms with Gasteiger partial charge in [-0.05, 0) is 48.5 Å². The Balaban J connectivity index is 1.82. The van der Waals surface area contributed by atoms with Gasteiger partial charge in [-0.1, -0.05) is 77.3 Å². The first-order valence-corrected chi connectivity index (χ1v) is 13.9. The van der Waals surface area contributed by atoms with Crippen molar-refractivity contribution in [3.8, 4) is 23.0 Å². The van der Waals surface area contributed by atoms with Gasteiger partial charge in [-0.25, -0.2) is 4.57 Å². The first-order valence-electron chi connectivity index (χ1n) is 9.94. The molecule has 0 aromatic heterocycles. The summed E-state index contributed by atoms with van der Waals surface area (Å²) in [5.74, 6) is 1.49. The quantitative estimate of drug-likeness (QED) is 0.216. The molecule has 9 heteroatoms. The standard InChI is InChI=1S/C24H20ClNO5P2/c25-32(27,28-21-13-5-1-6-14-21)26-33(29-22-15-7-2-8-16-22,30-23-17-9-3-10-18-23)31-24-19-11-4-12-20-24/h1-20H. The van der Waals surface area contributed by atoms with Crippen LogP contribution in [0.15, 0.2) is 126 Å². The van der Waals surface area contributed by atoms with Crippen LogP contribution in [0.25, 0.3) is 0 Å². The molecule has 0 saturated heterocycles. The maximum atomic E-state index is 13.3. The summed E-state index contributed by atoms with van der Waals surface area (Å²) >= 11 is 6.31. The minimum absolute atomic E-state index is 0.289. The first kappa shape index (κ1) is 23.0. The number of hydrogen-bond acceptors (Lipinski definition) is 5. The Bertz CT molecular complexity index is 1150. The normalized spacial score (nSPS) is 12.8. The van der Waals surface area contributed by atoms with Gasteiger partial charge in [0.25, 0.3) is 0 Å². The Kier molecular flexibility index (Phi) is 7.41. The predicted molar refractivity (Wildman–Crippen MR) is 131 cm³/mol. The van der Waals surface area contributed by atoms with Crippen molar-refractivity contribution in [2.75, 3.05) is 0 Å². The molecule has 0 aliphatic carbocycles. The van der Waals surface area contributed by atoms with Gasteiger partial charge in [0, 0.05) is 11.2 Å². The second kappa shape index (κ2) is 10.6. The molecule has 0 saturated carbocycles. The van der Waals surface area contributed by atoms with E-state index in [0.717, 1.165) is 0 Å². The lowest BCUT2D eigenvalue weighted by atomic mass is 10.3. The molecule has 0 aliphatic rings. The van der Waals surface area contributed by atoms with Crippen LogP contribution in [0, 0.1) is 0 Å². The zero-order valence-corrected chi connectivity index (χ0v) is 19.9. The van der Waals surface area contributed by atoms with Crippen molar-refractivity contribution in [1.29, 1.82) is 0 Å². The van der Waals surface area contributed by atoms with Crippen molar-refractivity contribution in [3.05, 3.63) is 121 Å². The summed E-state index contributed by atoms with van der Waals surface area (Å²) in [6.45, 7) is -4.18. The number of hydrogen-bond donors (Lipinski definition) is 0. The van der Waals surface area contributed by atoms with E-state index in [2.05, 4.69) is 4.52 Å². The third-order valence-corrected chi connectivity index (χ3v) is 8.38. The molecule has 6 nitrogen and oxygen atoms in total. The van der Waals surface area contributed by atoms with Crippen LogP contribution in [-0.4, -0.2) is 0 Å². The van der Waals surface area contributed by atoms with E-state index in [9.17, 15) is 4.57 Å². The van der Waals surface area contributed by atoms with Gasteiger partial charge in [-0.15, -0.1) is 0 Å². The van der Waals surface area contributed by atoms with Gasteiger partial charge < -0.3 is 18.1 Å². The molecule has 0 aliphatic heterocycles. The van der Waals surface area contributed by atoms with Gasteiger partial charge >= 0.3 is 14.6 Å². The van der Waals surface area contributed by atoms with Gasteiger partial charge in [-0.3, -0.25) is 0 Å². The summed E-state index contributed by atoms with van der Waals surface area (Å²) in [6, 6.07) is 35.0. The number of rotatable bonds is 9. The molecule has 168 valence electrons. The van der Waals surface area contributed by atoms with Crippen LogP contribution in [0.4, 0.5) is 0 Å². The van der Waals surface area contributed by atoms with Crippen molar-refractivity contribution in [3.63, 3.8) is 0 Å². The molecule has 0 heterocycles. The predicted octanol–water partition coefficient (Wildman–Crippen LogP) is 8.60. The summed E-state index contributed by atoms with van der Waals surface area (Å²) in [7, 11) is -3.82. The fourth-order valence-electron chi connectivity index (χ4n) is 2.71. The highest BCUT2D eigenvalue weighted by atomic mass is 35.7. The zero-order chi connectivity index (χ0) is 23.0. The molecule has 0 spiro atoms. The van der Waals surface area contributed by atoms with E-state index in [1.165, 1.54) is 0 Å². The summed E-state index contributed by atoms with van der Waals surface area (Å²) in [5.41, 5.74) is 0. The average molecular weight is 500 g/mol. The molecular formula is C24H20ClNO5P2. The summed E-state index contributed by atoms with van der Waals surface area (Å²) < 4.78 is 41.6. The fraction of sp³-hybridized carbons (Fsp3) is 0. The van der Waals surface area contributed by atoms with E-state index >= 15 is 0 Å². The van der Waals surface area contributed by atoms with Crippen LogP contribution in [0.1, 0.15) is 0 Å². The number of halogens is 1. The number of nitrogens with zero attached hydrogens (tertiary/aromatic N) is 1. The molecule has 33 heavy (non-hydrogen) atoms. The van der Waals surface area contributed by atoms with Crippen LogP contribution in [0.3, 0.4) is 0 Å². The van der Waals surface area contributed by atoms with Crippen molar-refractivity contribution in [2.45, 2.75) is 0 Å². The number of benzene rings is 4. The summed E-state index contributed by atoms with van der Waals surface area (Å²) in [5, 5.41) is 0. The topological polar surface area (TPSA) is 66.4 Å². The van der Waals surface area contributed by atoms with E-state index in [1.54, 1.807) is 103 Å². The highest BCUT2D eigenvalue weighted by Crippen LogP contribution is 2.65. The van der Waals surface area contributed by atoms with E-state index in [-0.39, 0.29) is 5.75 Å². The summed E-state index contributed by atoms with van der Waals surface area (Å²) in [4.78, 5) is 0. The second-order valence-electron chi connectivity index (χ2n) is 6.63. The summed E-state index contributed by atoms with van der Waals surface area (Å²) in [6.07, 6.45) is 0. The minimum atomic E-state index is -4.18. The smallest absolute Gasteiger partial charge is 0.417 e. The SMILES string of the molecule is O=P(Cl)(N=P(Oc1ccccc1)(Oc1ccccc1)Oc1ccccc1)Oc1ccccc1. The molecule has 0 N–H and O–H groups in total. The number of para-hydroxylation sites is 4. The third-order valence-electron chi connectivity index (χ3n) is 4.07. The van der Waals surface area contributed by atoms with Crippen molar-refractivity contribution < 1.29 is 22.7 Å². The van der Waals surface area contributed by atoms with Crippen molar-refractivity contribution >= 4 is 25.8 Å². The van der Waals surface area contributed by atoms with Crippen LogP contribution in [-0.2, 0) is 4.57 Å². The molecule has 4 aromatic carbocycles. The maximum Gasteiger partial charge on any atom is 0.533 e. The fourth-order valence-corrected chi connectivity index (χ4v) is 6.99. The average Bonchev–Trinajstić information content (AvgIpc) is 2.81. The Morgan fingerprint density at radius 1 is 0.485 bits per heavy atom. The van der Waals surface area contributed by atoms with E-state index in [4.69, 9.17) is 29.3 Å². The van der Waals surface area contributed by atoms with Gasteiger partial charge in [0.15, 0.2) is 0 Å². The molecule has 4 rings (SSSR count). The Hall–Kier alpha value is -3.17. The maximum absolute atomic E-state index is 13.3. The Morgan fingerprint density at radius 2 is 0.758 bits per heavy atom. The molecule has 0 radical (unpaired) electrons. The molecule has 4 aromatic rings. The monoisotopic (exact) mass is 499 g/mol. The lowest BCUT2D eigenvalue weighted by molar-refractivity contribution is 0.370. The van der Waals surface area contributed by atoms with Crippen LogP contribution >= 0.6 is 25.8 Å². The van der Waals surface area contributed by atoms with Crippen LogP contribution in [0.2, 0.25) is 0 Å². The largest absolute Gasteiger partial charge is 0.533 e. The third kappa shape index (κ3) is 6.90. The Labute approximate surface area is 197 Å². The van der Waals surface area contributed by atoms with Crippen molar-refractivity contribution in [2.24, 2.45) is 4.52 Å². The minimum Gasteiger partial charge on any atom is -0.417 e.